The minimum atomic E-state index is -4.39. The van der Waals surface area contributed by atoms with Gasteiger partial charge in [0.15, 0.2) is 12.6 Å². The number of nitrogens with one attached hydrogen (secondary N) is 2. The summed E-state index contributed by atoms with van der Waals surface area (Å²) in [4.78, 5) is 8.50. The minimum Gasteiger partial charge on any atom is -0.484 e. The monoisotopic (exact) mass is 370 g/mol. The van der Waals surface area contributed by atoms with Gasteiger partial charge in [0.25, 0.3) is 0 Å². The molecule has 0 unspecified atom stereocenters. The fraction of sp³-hybridized carbons (Fsp3) is 0.438. The lowest BCUT2D eigenvalue weighted by atomic mass is 10.2. The van der Waals surface area contributed by atoms with E-state index < -0.39 is 12.8 Å². The van der Waals surface area contributed by atoms with Gasteiger partial charge < -0.3 is 15.4 Å². The van der Waals surface area contributed by atoms with Gasteiger partial charge in [-0.1, -0.05) is 18.2 Å². The van der Waals surface area contributed by atoms with E-state index in [4.69, 9.17) is 4.74 Å². The number of aromatic nitrogens is 3. The average Bonchev–Trinajstić information content (AvgIpc) is 3.00. The van der Waals surface area contributed by atoms with Gasteiger partial charge in [-0.2, -0.15) is 18.3 Å². The molecule has 2 N–H and O–H groups in total. The van der Waals surface area contributed by atoms with Crippen LogP contribution in [0.2, 0.25) is 0 Å². The number of hydrogen-bond donors (Lipinski definition) is 2. The molecule has 1 aromatic carbocycles. The minimum absolute atomic E-state index is 0.165. The van der Waals surface area contributed by atoms with Crippen molar-refractivity contribution in [3.05, 3.63) is 42.0 Å². The van der Waals surface area contributed by atoms with Crippen LogP contribution in [0.5, 0.6) is 5.75 Å². The Labute approximate surface area is 149 Å². The molecule has 2 rings (SSSR count). The molecule has 0 saturated heterocycles. The van der Waals surface area contributed by atoms with Crippen molar-refractivity contribution in [3.8, 4) is 5.75 Å². The first-order chi connectivity index (χ1) is 12.4. The Morgan fingerprint density at radius 1 is 1.27 bits per heavy atom. The number of rotatable bonds is 7. The van der Waals surface area contributed by atoms with Gasteiger partial charge in [-0.3, -0.25) is 4.68 Å². The Balaban J connectivity index is 2.03. The lowest BCUT2D eigenvalue weighted by Crippen LogP contribution is -2.37. The maximum absolute atomic E-state index is 12.4. The van der Waals surface area contributed by atoms with Gasteiger partial charge in [-0.05, 0) is 13.0 Å². The van der Waals surface area contributed by atoms with Crippen LogP contribution in [0.15, 0.2) is 35.6 Å². The van der Waals surface area contributed by atoms with Crippen molar-refractivity contribution in [1.82, 2.24) is 25.4 Å². The number of para-hydroxylation sites is 1. The summed E-state index contributed by atoms with van der Waals surface area (Å²) in [5, 5.41) is 10.2. The number of halogens is 3. The van der Waals surface area contributed by atoms with E-state index in [-0.39, 0.29) is 12.3 Å². The summed E-state index contributed by atoms with van der Waals surface area (Å²) >= 11 is 0. The predicted octanol–water partition coefficient (Wildman–Crippen LogP) is 2.01. The van der Waals surface area contributed by atoms with Crippen LogP contribution < -0.4 is 15.4 Å². The van der Waals surface area contributed by atoms with Crippen molar-refractivity contribution < 1.29 is 17.9 Å². The normalized spacial score (nSPS) is 12.1. The topological polar surface area (TPSA) is 76.4 Å². The first kappa shape index (κ1) is 19.5. The van der Waals surface area contributed by atoms with Crippen molar-refractivity contribution in [2.45, 2.75) is 26.2 Å². The Bertz CT molecular complexity index is 729. The van der Waals surface area contributed by atoms with E-state index in [0.717, 1.165) is 5.82 Å². The molecule has 1 aromatic heterocycles. The number of benzene rings is 1. The number of aliphatic imine (C=N–C) groups is 1. The van der Waals surface area contributed by atoms with Crippen molar-refractivity contribution in [2.24, 2.45) is 12.0 Å². The summed E-state index contributed by atoms with van der Waals surface area (Å²) in [5.74, 6) is 1.41. The first-order valence-electron chi connectivity index (χ1n) is 8.01. The van der Waals surface area contributed by atoms with Gasteiger partial charge in [0.05, 0.1) is 13.1 Å². The Hall–Kier alpha value is -2.78. The summed E-state index contributed by atoms with van der Waals surface area (Å²) in [6, 6.07) is 6.53. The van der Waals surface area contributed by atoms with E-state index in [1.807, 2.05) is 6.92 Å². The van der Waals surface area contributed by atoms with Crippen molar-refractivity contribution in [1.29, 1.82) is 0 Å². The highest BCUT2D eigenvalue weighted by Gasteiger charge is 2.28. The van der Waals surface area contributed by atoms with E-state index in [1.54, 1.807) is 29.9 Å². The molecule has 0 aliphatic rings. The molecule has 0 aliphatic heterocycles. The van der Waals surface area contributed by atoms with Crippen molar-refractivity contribution in [3.63, 3.8) is 0 Å². The lowest BCUT2D eigenvalue weighted by Gasteiger charge is -2.13. The highest BCUT2D eigenvalue weighted by molar-refractivity contribution is 5.79. The zero-order valence-electron chi connectivity index (χ0n) is 14.5. The highest BCUT2D eigenvalue weighted by Crippen LogP contribution is 2.22. The number of hydrogen-bond acceptors (Lipinski definition) is 4. The van der Waals surface area contributed by atoms with E-state index in [9.17, 15) is 13.2 Å². The van der Waals surface area contributed by atoms with Crippen LogP contribution in [-0.2, 0) is 20.1 Å². The van der Waals surface area contributed by atoms with Crippen molar-refractivity contribution in [2.75, 3.05) is 13.2 Å². The summed E-state index contributed by atoms with van der Waals surface area (Å²) in [6.45, 7) is 1.80. The van der Waals surface area contributed by atoms with Crippen LogP contribution in [0.25, 0.3) is 0 Å². The third kappa shape index (κ3) is 6.26. The molecule has 0 aliphatic carbocycles. The Morgan fingerprint density at radius 3 is 2.69 bits per heavy atom. The third-order valence-corrected chi connectivity index (χ3v) is 3.33. The fourth-order valence-electron chi connectivity index (χ4n) is 2.08. The number of nitrogens with zero attached hydrogens (tertiary/aromatic N) is 4. The maximum Gasteiger partial charge on any atom is 0.422 e. The number of guanidine groups is 1. The quantitative estimate of drug-likeness (QED) is 0.576. The molecule has 0 atom stereocenters. The average molecular weight is 370 g/mol. The van der Waals surface area contributed by atoms with Gasteiger partial charge >= 0.3 is 6.18 Å². The van der Waals surface area contributed by atoms with Crippen LogP contribution >= 0.6 is 0 Å². The molecule has 26 heavy (non-hydrogen) atoms. The Kier molecular flexibility index (Phi) is 6.81. The van der Waals surface area contributed by atoms with Gasteiger partial charge in [0, 0.05) is 19.2 Å². The largest absolute Gasteiger partial charge is 0.484 e. The van der Waals surface area contributed by atoms with E-state index in [1.165, 1.54) is 12.4 Å². The van der Waals surface area contributed by atoms with Gasteiger partial charge in [0.2, 0.25) is 0 Å². The molecule has 10 heteroatoms. The number of alkyl halides is 3. The second-order valence-corrected chi connectivity index (χ2v) is 5.36. The second kappa shape index (κ2) is 9.07. The van der Waals surface area contributed by atoms with Gasteiger partial charge in [-0.25, -0.2) is 9.98 Å². The SMILES string of the molecule is CCNC(=NCc1ccccc1OCC(F)(F)F)NCc1ncnn1C. The predicted molar refractivity (Wildman–Crippen MR) is 90.7 cm³/mol. The second-order valence-electron chi connectivity index (χ2n) is 5.36. The van der Waals surface area contributed by atoms with Crippen molar-refractivity contribution >= 4 is 5.96 Å². The van der Waals surface area contributed by atoms with Crippen LogP contribution in [0.3, 0.4) is 0 Å². The van der Waals surface area contributed by atoms with Crippen LogP contribution in [0, 0.1) is 0 Å². The summed E-state index contributed by atoms with van der Waals surface area (Å²) in [5.41, 5.74) is 0.563. The molecule has 0 saturated carbocycles. The lowest BCUT2D eigenvalue weighted by molar-refractivity contribution is -0.153. The zero-order valence-corrected chi connectivity index (χ0v) is 14.5. The van der Waals surface area contributed by atoms with Crippen LogP contribution in [-0.4, -0.2) is 40.1 Å². The molecule has 7 nitrogen and oxygen atoms in total. The highest BCUT2D eigenvalue weighted by atomic mass is 19.4. The van der Waals surface area contributed by atoms with E-state index in [0.29, 0.717) is 24.6 Å². The third-order valence-electron chi connectivity index (χ3n) is 3.33. The number of aryl methyl sites for hydroxylation is 1. The van der Waals surface area contributed by atoms with E-state index >= 15 is 0 Å². The molecule has 142 valence electrons. The summed E-state index contributed by atoms with van der Waals surface area (Å²) in [7, 11) is 1.78. The number of ether oxygens (including phenoxy) is 1. The van der Waals surface area contributed by atoms with Gasteiger partial charge in [0.1, 0.15) is 17.9 Å². The van der Waals surface area contributed by atoms with Gasteiger partial charge in [-0.15, -0.1) is 0 Å². The van der Waals surface area contributed by atoms with E-state index in [2.05, 4.69) is 25.7 Å². The first-order valence-corrected chi connectivity index (χ1v) is 8.01. The molecule has 0 radical (unpaired) electrons. The molecule has 2 aromatic rings. The fourth-order valence-corrected chi connectivity index (χ4v) is 2.08. The standard InChI is InChI=1S/C16H21F3N6O/c1-3-20-15(22-9-14-23-11-24-25(14)2)21-8-12-6-4-5-7-13(12)26-10-16(17,18)19/h4-7,11H,3,8-10H2,1-2H3,(H2,20,21,22). The summed E-state index contributed by atoms with van der Waals surface area (Å²) in [6.07, 6.45) is -2.93. The molecule has 0 amide bonds. The van der Waals surface area contributed by atoms with Crippen LogP contribution in [0.4, 0.5) is 13.2 Å². The summed E-state index contributed by atoms with van der Waals surface area (Å²) < 4.78 is 43.6. The zero-order chi connectivity index (χ0) is 19.0. The molecule has 0 fully saturated rings. The molecule has 1 heterocycles. The Morgan fingerprint density at radius 2 is 2.04 bits per heavy atom. The van der Waals surface area contributed by atoms with Crippen LogP contribution in [0.1, 0.15) is 18.3 Å². The molecule has 0 spiro atoms. The maximum atomic E-state index is 12.4. The molecular weight excluding hydrogens is 349 g/mol. The molecular formula is C16H21F3N6O. The molecule has 0 bridgehead atoms. The smallest absolute Gasteiger partial charge is 0.422 e.